The van der Waals surface area contributed by atoms with Crippen LogP contribution in [0.15, 0.2) is 47.3 Å². The summed E-state index contributed by atoms with van der Waals surface area (Å²) in [6.45, 7) is 8.13. The van der Waals surface area contributed by atoms with Gasteiger partial charge in [-0.15, -0.1) is 0 Å². The molecule has 2 saturated heterocycles. The Bertz CT molecular complexity index is 1410. The van der Waals surface area contributed by atoms with Crippen LogP contribution in [0.5, 0.6) is 0 Å². The Kier molecular flexibility index (Phi) is 9.71. The van der Waals surface area contributed by atoms with Gasteiger partial charge in [-0.25, -0.2) is 9.49 Å². The second kappa shape index (κ2) is 13.8. The number of likely N-dealkylation sites (tertiary alicyclic amines) is 1. The summed E-state index contributed by atoms with van der Waals surface area (Å²) < 4.78 is 14.5. The van der Waals surface area contributed by atoms with E-state index in [0.29, 0.717) is 40.9 Å². The monoisotopic (exact) mass is 563 g/mol. The number of nitrogens with zero attached hydrogens (tertiary/aromatic N) is 3. The van der Waals surface area contributed by atoms with Crippen LogP contribution < -0.4 is 21.5 Å². The van der Waals surface area contributed by atoms with E-state index >= 15 is 0 Å². The van der Waals surface area contributed by atoms with Crippen molar-refractivity contribution >= 4 is 22.6 Å². The van der Waals surface area contributed by atoms with Crippen LogP contribution in [0.25, 0.3) is 10.8 Å². The first-order chi connectivity index (χ1) is 20.0. The lowest BCUT2D eigenvalue weighted by Gasteiger charge is -2.36. The number of piperazine rings is 1. The lowest BCUT2D eigenvalue weighted by Crippen LogP contribution is -2.48. The minimum absolute atomic E-state index is 0.0754. The van der Waals surface area contributed by atoms with Crippen molar-refractivity contribution in [2.75, 3.05) is 65.4 Å². The molecule has 4 N–H and O–H groups in total. The van der Waals surface area contributed by atoms with Gasteiger partial charge in [0.25, 0.3) is 11.5 Å². The number of aromatic nitrogens is 2. The molecule has 10 nitrogen and oxygen atoms in total. The van der Waals surface area contributed by atoms with Crippen LogP contribution in [0.2, 0.25) is 0 Å². The van der Waals surface area contributed by atoms with Crippen LogP contribution in [0.1, 0.15) is 34.5 Å². The Labute approximate surface area is 238 Å². The van der Waals surface area contributed by atoms with Gasteiger partial charge in [0.2, 0.25) is 5.91 Å². The number of rotatable bonds is 10. The molecule has 218 valence electrons. The number of carbonyl (C=O) groups is 2. The third-order valence-electron chi connectivity index (χ3n) is 7.96. The zero-order chi connectivity index (χ0) is 28.6. The second-order valence-electron chi connectivity index (χ2n) is 10.9. The van der Waals surface area contributed by atoms with Crippen molar-refractivity contribution in [3.05, 3.63) is 75.5 Å². The van der Waals surface area contributed by atoms with Gasteiger partial charge in [-0.1, -0.05) is 24.3 Å². The maximum atomic E-state index is 14.5. The number of amides is 2. The smallest absolute Gasteiger partial charge is 0.272 e. The highest BCUT2D eigenvalue weighted by molar-refractivity contribution is 5.94. The fourth-order valence-electron chi connectivity index (χ4n) is 5.67. The highest BCUT2D eigenvalue weighted by Crippen LogP contribution is 2.20. The van der Waals surface area contributed by atoms with Crippen LogP contribution in [-0.2, 0) is 11.2 Å². The lowest BCUT2D eigenvalue weighted by atomic mass is 9.96. The topological polar surface area (TPSA) is 122 Å². The van der Waals surface area contributed by atoms with Crippen LogP contribution in [0.4, 0.5) is 4.39 Å². The molecule has 2 amide bonds. The van der Waals surface area contributed by atoms with Crippen LogP contribution in [0, 0.1) is 11.7 Å². The standard InChI is InChI=1S/C30H38FN7O3/c31-26-6-5-22(18-27-23-3-1-2-4-24(23)30(41)36-35-27)17-25(26)29(40)34-10-9-33-28(39)20-37-13-7-21(8-14-37)19-38-15-11-32-12-16-38/h1-6,17,21,32H,7-16,18-20H2,(H,33,39)(H,34,40)(H,36,41). The van der Waals surface area contributed by atoms with Crippen molar-refractivity contribution in [3.63, 3.8) is 0 Å². The first kappa shape index (κ1) is 28.8. The molecule has 0 atom stereocenters. The largest absolute Gasteiger partial charge is 0.353 e. The van der Waals surface area contributed by atoms with Gasteiger partial charge < -0.3 is 20.9 Å². The van der Waals surface area contributed by atoms with Gasteiger partial charge in [0.15, 0.2) is 0 Å². The summed E-state index contributed by atoms with van der Waals surface area (Å²) in [7, 11) is 0. The van der Waals surface area contributed by atoms with E-state index in [0.717, 1.165) is 58.7 Å². The number of H-pyrrole nitrogens is 1. The van der Waals surface area contributed by atoms with E-state index in [1.54, 1.807) is 18.2 Å². The minimum Gasteiger partial charge on any atom is -0.353 e. The molecule has 2 aliphatic rings. The maximum Gasteiger partial charge on any atom is 0.272 e. The van der Waals surface area contributed by atoms with Crippen molar-refractivity contribution < 1.29 is 14.0 Å². The van der Waals surface area contributed by atoms with Gasteiger partial charge in [-0.2, -0.15) is 5.10 Å². The van der Waals surface area contributed by atoms with E-state index in [-0.39, 0.29) is 30.1 Å². The number of hydrogen-bond donors (Lipinski definition) is 4. The molecule has 0 bridgehead atoms. The van der Waals surface area contributed by atoms with Crippen LogP contribution in [0.3, 0.4) is 0 Å². The number of piperidine rings is 1. The Hall–Kier alpha value is -3.67. The van der Waals surface area contributed by atoms with Crippen molar-refractivity contribution in [3.8, 4) is 0 Å². The fraction of sp³-hybridized carbons (Fsp3) is 0.467. The quantitative estimate of drug-likeness (QED) is 0.273. The minimum atomic E-state index is -0.630. The van der Waals surface area contributed by atoms with Gasteiger partial charge in [0.1, 0.15) is 5.82 Å². The molecule has 0 unspecified atom stereocenters. The first-order valence-electron chi connectivity index (χ1n) is 14.4. The zero-order valence-electron chi connectivity index (χ0n) is 23.3. The highest BCUT2D eigenvalue weighted by Gasteiger charge is 2.23. The molecule has 0 radical (unpaired) electrons. The molecule has 2 aromatic carbocycles. The Morgan fingerprint density at radius 2 is 1.68 bits per heavy atom. The average molecular weight is 564 g/mol. The summed E-state index contributed by atoms with van der Waals surface area (Å²) in [6, 6.07) is 11.5. The van der Waals surface area contributed by atoms with Gasteiger partial charge in [0, 0.05) is 57.6 Å². The van der Waals surface area contributed by atoms with E-state index in [9.17, 15) is 18.8 Å². The average Bonchev–Trinajstić information content (AvgIpc) is 2.99. The molecule has 0 saturated carbocycles. The van der Waals surface area contributed by atoms with Gasteiger partial charge in [-0.05, 0) is 55.6 Å². The number of aromatic amines is 1. The maximum absolute atomic E-state index is 14.5. The molecule has 0 aliphatic carbocycles. The SMILES string of the molecule is O=C(CN1CCC(CN2CCNCC2)CC1)NCCNC(=O)c1cc(Cc2n[nH]c(=O)c3ccccc23)ccc1F. The number of halogens is 1. The van der Waals surface area contributed by atoms with E-state index in [1.165, 1.54) is 12.1 Å². The van der Waals surface area contributed by atoms with Crippen LogP contribution in [-0.4, -0.2) is 97.3 Å². The van der Waals surface area contributed by atoms with Crippen LogP contribution >= 0.6 is 0 Å². The van der Waals surface area contributed by atoms with Crippen molar-refractivity contribution in [2.45, 2.75) is 19.3 Å². The molecular weight excluding hydrogens is 525 g/mol. The highest BCUT2D eigenvalue weighted by atomic mass is 19.1. The summed E-state index contributed by atoms with van der Waals surface area (Å²) in [6.07, 6.45) is 2.53. The molecule has 3 heterocycles. The van der Waals surface area contributed by atoms with Crippen molar-refractivity contribution in [1.82, 2.24) is 35.9 Å². The number of nitrogens with one attached hydrogen (secondary N) is 4. The van der Waals surface area contributed by atoms with E-state index in [4.69, 9.17) is 0 Å². The van der Waals surface area contributed by atoms with Crippen molar-refractivity contribution in [2.24, 2.45) is 5.92 Å². The normalized spacial score (nSPS) is 17.0. The fourth-order valence-corrected chi connectivity index (χ4v) is 5.67. The van der Waals surface area contributed by atoms with E-state index in [1.807, 2.05) is 12.1 Å². The predicted octanol–water partition coefficient (Wildman–Crippen LogP) is 1.12. The molecule has 0 spiro atoms. The third-order valence-corrected chi connectivity index (χ3v) is 7.96. The third kappa shape index (κ3) is 7.75. The number of fused-ring (bicyclic) bond motifs is 1. The Balaban J connectivity index is 1.05. The lowest BCUT2D eigenvalue weighted by molar-refractivity contribution is -0.122. The molecule has 2 aliphatic heterocycles. The van der Waals surface area contributed by atoms with Gasteiger partial charge in [-0.3, -0.25) is 19.3 Å². The molecule has 1 aromatic heterocycles. The second-order valence-corrected chi connectivity index (χ2v) is 10.9. The van der Waals surface area contributed by atoms with Gasteiger partial charge in [0.05, 0.1) is 23.2 Å². The summed E-state index contributed by atoms with van der Waals surface area (Å²) in [5.74, 6) is -0.568. The Morgan fingerprint density at radius 1 is 0.951 bits per heavy atom. The molecule has 41 heavy (non-hydrogen) atoms. The molecule has 11 heteroatoms. The number of benzene rings is 2. The summed E-state index contributed by atoms with van der Waals surface area (Å²) in [5, 5.41) is 16.8. The van der Waals surface area contributed by atoms with Gasteiger partial charge >= 0.3 is 0 Å². The summed E-state index contributed by atoms with van der Waals surface area (Å²) >= 11 is 0. The number of hydrogen-bond acceptors (Lipinski definition) is 7. The number of carbonyl (C=O) groups excluding carboxylic acids is 2. The molecule has 5 rings (SSSR count). The zero-order valence-corrected chi connectivity index (χ0v) is 23.3. The molecular formula is C30H38FN7O3. The molecule has 3 aromatic rings. The van der Waals surface area contributed by atoms with Crippen molar-refractivity contribution in [1.29, 1.82) is 0 Å². The first-order valence-corrected chi connectivity index (χ1v) is 14.4. The Morgan fingerprint density at radius 3 is 2.46 bits per heavy atom. The van der Waals surface area contributed by atoms with E-state index < -0.39 is 11.7 Å². The summed E-state index contributed by atoms with van der Waals surface area (Å²) in [4.78, 5) is 41.9. The predicted molar refractivity (Wildman–Crippen MR) is 155 cm³/mol. The summed E-state index contributed by atoms with van der Waals surface area (Å²) in [5.41, 5.74) is 0.962. The van der Waals surface area contributed by atoms with E-state index in [2.05, 4.69) is 35.9 Å². The molecule has 2 fully saturated rings.